The molecule has 0 saturated heterocycles. The average molecular weight is 229 g/mol. The molecule has 1 N–H and O–H groups in total. The standard InChI is InChI=1S/C13H11NO3/c1-2-16-12-6-9-5-8-3-4-10(15)7-11(8)14-13(9)17-12/h3-7,15H,2H2,1H3. The first-order valence-electron chi connectivity index (χ1n) is 5.42. The first-order valence-corrected chi connectivity index (χ1v) is 5.42. The summed E-state index contributed by atoms with van der Waals surface area (Å²) in [4.78, 5) is 4.33. The summed E-state index contributed by atoms with van der Waals surface area (Å²) in [6.07, 6.45) is 0. The Labute approximate surface area is 97.4 Å². The number of ether oxygens (including phenoxy) is 1. The highest BCUT2D eigenvalue weighted by molar-refractivity contribution is 5.91. The summed E-state index contributed by atoms with van der Waals surface area (Å²) in [6.45, 7) is 2.45. The lowest BCUT2D eigenvalue weighted by atomic mass is 10.2. The van der Waals surface area contributed by atoms with Gasteiger partial charge in [-0.1, -0.05) is 0 Å². The van der Waals surface area contributed by atoms with Gasteiger partial charge in [0.25, 0.3) is 5.95 Å². The molecule has 0 aliphatic rings. The molecule has 3 rings (SSSR count). The molecule has 0 spiro atoms. The highest BCUT2D eigenvalue weighted by Gasteiger charge is 2.07. The number of phenolic OH excluding ortho intramolecular Hbond substituents is 1. The molecule has 4 nitrogen and oxygen atoms in total. The van der Waals surface area contributed by atoms with Crippen LogP contribution in [-0.2, 0) is 0 Å². The minimum absolute atomic E-state index is 0.195. The summed E-state index contributed by atoms with van der Waals surface area (Å²) < 4.78 is 10.7. The first kappa shape index (κ1) is 9.96. The van der Waals surface area contributed by atoms with Gasteiger partial charge in [0.2, 0.25) is 5.71 Å². The number of aromatic hydroxyl groups is 1. The number of hydrogen-bond acceptors (Lipinski definition) is 4. The Bertz CT molecular complexity index is 688. The maximum Gasteiger partial charge on any atom is 0.286 e. The first-order chi connectivity index (χ1) is 8.26. The molecule has 0 bridgehead atoms. The van der Waals surface area contributed by atoms with E-state index in [1.165, 1.54) is 0 Å². The minimum Gasteiger partial charge on any atom is -0.508 e. The van der Waals surface area contributed by atoms with Crippen LogP contribution < -0.4 is 4.74 Å². The van der Waals surface area contributed by atoms with E-state index >= 15 is 0 Å². The normalized spacial score (nSPS) is 11.1. The summed E-state index contributed by atoms with van der Waals surface area (Å²) in [6, 6.07) is 8.85. The molecule has 17 heavy (non-hydrogen) atoms. The van der Waals surface area contributed by atoms with Gasteiger partial charge in [0, 0.05) is 22.9 Å². The van der Waals surface area contributed by atoms with E-state index in [-0.39, 0.29) is 5.75 Å². The van der Waals surface area contributed by atoms with Crippen LogP contribution in [0.1, 0.15) is 6.92 Å². The zero-order chi connectivity index (χ0) is 11.8. The topological polar surface area (TPSA) is 55.5 Å². The largest absolute Gasteiger partial charge is 0.508 e. The number of fused-ring (bicyclic) bond motifs is 2. The zero-order valence-electron chi connectivity index (χ0n) is 9.30. The summed E-state index contributed by atoms with van der Waals surface area (Å²) in [7, 11) is 0. The van der Waals surface area contributed by atoms with Crippen molar-refractivity contribution in [3.05, 3.63) is 30.3 Å². The Morgan fingerprint density at radius 2 is 2.12 bits per heavy atom. The second-order valence-corrected chi connectivity index (χ2v) is 3.76. The van der Waals surface area contributed by atoms with Crippen LogP contribution in [0.15, 0.2) is 34.7 Å². The summed E-state index contributed by atoms with van der Waals surface area (Å²) in [5, 5.41) is 11.2. The number of furan rings is 1. The molecule has 3 aromatic rings. The van der Waals surface area contributed by atoms with E-state index in [1.54, 1.807) is 12.1 Å². The quantitative estimate of drug-likeness (QED) is 0.733. The van der Waals surface area contributed by atoms with Crippen molar-refractivity contribution in [1.29, 1.82) is 0 Å². The van der Waals surface area contributed by atoms with Gasteiger partial charge in [-0.05, 0) is 25.1 Å². The van der Waals surface area contributed by atoms with Crippen molar-refractivity contribution < 1.29 is 14.3 Å². The smallest absolute Gasteiger partial charge is 0.286 e. The third kappa shape index (κ3) is 1.67. The number of pyridine rings is 1. The van der Waals surface area contributed by atoms with Crippen LogP contribution in [0.5, 0.6) is 11.7 Å². The second kappa shape index (κ2) is 3.66. The molecule has 86 valence electrons. The van der Waals surface area contributed by atoms with Gasteiger partial charge in [0.1, 0.15) is 5.75 Å². The van der Waals surface area contributed by atoms with Crippen molar-refractivity contribution in [2.45, 2.75) is 6.92 Å². The van der Waals surface area contributed by atoms with Crippen LogP contribution in [0.25, 0.3) is 22.0 Å². The lowest BCUT2D eigenvalue weighted by Crippen LogP contribution is -1.87. The van der Waals surface area contributed by atoms with Crippen molar-refractivity contribution in [3.8, 4) is 11.7 Å². The van der Waals surface area contributed by atoms with Crippen LogP contribution >= 0.6 is 0 Å². The van der Waals surface area contributed by atoms with Crippen LogP contribution in [-0.4, -0.2) is 16.7 Å². The molecule has 0 fully saturated rings. The molecule has 4 heteroatoms. The molecule has 0 radical (unpaired) electrons. The Morgan fingerprint density at radius 1 is 1.24 bits per heavy atom. The Hall–Kier alpha value is -2.23. The van der Waals surface area contributed by atoms with Crippen molar-refractivity contribution in [2.75, 3.05) is 6.61 Å². The number of phenols is 1. The maximum atomic E-state index is 9.40. The molecule has 0 atom stereocenters. The predicted octanol–water partition coefficient (Wildman–Crippen LogP) is 3.09. The monoisotopic (exact) mass is 229 g/mol. The highest BCUT2D eigenvalue weighted by Crippen LogP contribution is 2.28. The molecule has 0 saturated carbocycles. The predicted molar refractivity (Wildman–Crippen MR) is 64.3 cm³/mol. The van der Waals surface area contributed by atoms with Gasteiger partial charge >= 0.3 is 0 Å². The molecule has 2 heterocycles. The van der Waals surface area contributed by atoms with Gasteiger partial charge in [-0.25, -0.2) is 4.98 Å². The van der Waals surface area contributed by atoms with Crippen molar-refractivity contribution in [3.63, 3.8) is 0 Å². The number of rotatable bonds is 2. The third-order valence-electron chi connectivity index (χ3n) is 2.55. The van der Waals surface area contributed by atoms with E-state index in [1.807, 2.05) is 25.1 Å². The fourth-order valence-corrected chi connectivity index (χ4v) is 1.80. The summed E-state index contributed by atoms with van der Waals surface area (Å²) >= 11 is 0. The fraction of sp³-hybridized carbons (Fsp3) is 0.154. The van der Waals surface area contributed by atoms with Gasteiger partial charge in [-0.3, -0.25) is 0 Å². The van der Waals surface area contributed by atoms with E-state index in [2.05, 4.69) is 4.98 Å². The zero-order valence-corrected chi connectivity index (χ0v) is 9.30. The van der Waals surface area contributed by atoms with Gasteiger partial charge in [-0.2, -0.15) is 0 Å². The minimum atomic E-state index is 0.195. The second-order valence-electron chi connectivity index (χ2n) is 3.76. The average Bonchev–Trinajstić information content (AvgIpc) is 2.67. The van der Waals surface area contributed by atoms with Gasteiger partial charge in [0.15, 0.2) is 0 Å². The molecule has 1 aromatic carbocycles. The van der Waals surface area contributed by atoms with Crippen LogP contribution in [0.3, 0.4) is 0 Å². The van der Waals surface area contributed by atoms with Crippen molar-refractivity contribution in [2.24, 2.45) is 0 Å². The van der Waals surface area contributed by atoms with Gasteiger partial charge in [-0.15, -0.1) is 0 Å². The lowest BCUT2D eigenvalue weighted by molar-refractivity contribution is 0.264. The molecule has 0 unspecified atom stereocenters. The number of aromatic nitrogens is 1. The Kier molecular flexibility index (Phi) is 2.14. The van der Waals surface area contributed by atoms with E-state index < -0.39 is 0 Å². The fourth-order valence-electron chi connectivity index (χ4n) is 1.80. The third-order valence-corrected chi connectivity index (χ3v) is 2.55. The lowest BCUT2D eigenvalue weighted by Gasteiger charge is -1.97. The van der Waals surface area contributed by atoms with Crippen molar-refractivity contribution >= 4 is 22.0 Å². The summed E-state index contributed by atoms with van der Waals surface area (Å²) in [5.41, 5.74) is 1.22. The molecular formula is C13H11NO3. The van der Waals surface area contributed by atoms with E-state index in [0.29, 0.717) is 23.8 Å². The van der Waals surface area contributed by atoms with Crippen LogP contribution in [0, 0.1) is 0 Å². The van der Waals surface area contributed by atoms with Crippen LogP contribution in [0.2, 0.25) is 0 Å². The van der Waals surface area contributed by atoms with Gasteiger partial charge < -0.3 is 14.3 Å². The summed E-state index contributed by atoms with van der Waals surface area (Å²) in [5.74, 6) is 0.662. The van der Waals surface area contributed by atoms with Crippen molar-refractivity contribution in [1.82, 2.24) is 4.98 Å². The number of hydrogen-bond donors (Lipinski definition) is 1. The molecule has 0 aliphatic heterocycles. The van der Waals surface area contributed by atoms with Crippen LogP contribution in [0.4, 0.5) is 0 Å². The SMILES string of the molecule is CCOc1cc2cc3ccc(O)cc3nc2o1. The Balaban J connectivity index is 2.25. The molecular weight excluding hydrogens is 218 g/mol. The highest BCUT2D eigenvalue weighted by atomic mass is 16.6. The van der Waals surface area contributed by atoms with Gasteiger partial charge in [0.05, 0.1) is 12.1 Å². The molecule has 2 aromatic heterocycles. The van der Waals surface area contributed by atoms with E-state index in [4.69, 9.17) is 9.15 Å². The molecule has 0 amide bonds. The maximum absolute atomic E-state index is 9.40. The Morgan fingerprint density at radius 3 is 2.94 bits per heavy atom. The van der Waals surface area contributed by atoms with E-state index in [9.17, 15) is 5.11 Å². The molecule has 0 aliphatic carbocycles. The number of nitrogens with zero attached hydrogens (tertiary/aromatic N) is 1. The number of benzene rings is 1. The van der Waals surface area contributed by atoms with E-state index in [0.717, 1.165) is 10.8 Å².